The summed E-state index contributed by atoms with van der Waals surface area (Å²) in [4.78, 5) is 0. The van der Waals surface area contributed by atoms with E-state index in [1.807, 2.05) is 13.8 Å². The molecular weight excluding hydrogens is 332 g/mol. The molecule has 0 aromatic carbocycles. The van der Waals surface area contributed by atoms with E-state index in [0.29, 0.717) is 17.8 Å². The van der Waals surface area contributed by atoms with Crippen molar-refractivity contribution in [3.8, 4) is 0 Å². The van der Waals surface area contributed by atoms with Crippen molar-refractivity contribution in [3.05, 3.63) is 0 Å². The second-order valence-corrected chi connectivity index (χ2v) is 14.8. The maximum absolute atomic E-state index is 10.4. The van der Waals surface area contributed by atoms with Gasteiger partial charge in [-0.15, -0.1) is 0 Å². The molecule has 0 saturated heterocycles. The van der Waals surface area contributed by atoms with Crippen molar-refractivity contribution in [2.75, 3.05) is 0 Å². The summed E-state index contributed by atoms with van der Waals surface area (Å²) < 4.78 is 32.5. The van der Waals surface area contributed by atoms with E-state index in [1.165, 1.54) is 0 Å². The molecule has 0 heterocycles. The first-order valence-electron chi connectivity index (χ1n) is 8.74. The molecule has 0 aromatic heterocycles. The molecule has 0 aliphatic carbocycles. The van der Waals surface area contributed by atoms with Crippen LogP contribution in [-0.4, -0.2) is 21.8 Å². The molecule has 0 rings (SSSR count). The van der Waals surface area contributed by atoms with Gasteiger partial charge in [0.1, 0.15) is 0 Å². The first-order chi connectivity index (χ1) is 9.91. The standard InChI is InChI=1S/C12H27OSi.C4H9O.2H2O.Ti/c1-10(2)7-14(13,8-11(3)4)9-12(5)6;1-3-4(2)5;;;/h10-12H,7-9H2,1-6H3;4H,3H2,1-2H3;2*1H2;/q2*-1;;;+4/p-2. The van der Waals surface area contributed by atoms with Crippen molar-refractivity contribution in [1.29, 1.82) is 0 Å². The fourth-order valence-corrected chi connectivity index (χ4v) is 14.2. The van der Waals surface area contributed by atoms with Gasteiger partial charge < -0.3 is 0 Å². The molecule has 0 spiro atoms. The molecule has 2 N–H and O–H groups in total. The van der Waals surface area contributed by atoms with Gasteiger partial charge in [0.05, 0.1) is 0 Å². The summed E-state index contributed by atoms with van der Waals surface area (Å²) in [5, 5.41) is 0. The van der Waals surface area contributed by atoms with Gasteiger partial charge in [-0.3, -0.25) is 0 Å². The summed E-state index contributed by atoms with van der Waals surface area (Å²) in [6.45, 7) is 17.0. The minimum absolute atomic E-state index is 0.168. The second-order valence-electron chi connectivity index (χ2n) is 7.96. The van der Waals surface area contributed by atoms with Crippen LogP contribution >= 0.6 is 0 Å². The number of rotatable bonds is 11. The Kier molecular flexibility index (Phi) is 10.3. The van der Waals surface area contributed by atoms with Gasteiger partial charge in [0.15, 0.2) is 0 Å². The van der Waals surface area contributed by atoms with Gasteiger partial charge in [0.2, 0.25) is 0 Å². The summed E-state index contributed by atoms with van der Waals surface area (Å²) in [7, 11) is -2.24. The Balaban J connectivity index is 5.31. The first-order valence-corrected chi connectivity index (χ1v) is 13.9. The zero-order valence-corrected chi connectivity index (χ0v) is 18.4. The molecule has 0 radical (unpaired) electrons. The van der Waals surface area contributed by atoms with Crippen LogP contribution in [0.3, 0.4) is 0 Å². The molecular formula is C16H38O4SiTi. The third-order valence-electron chi connectivity index (χ3n) is 3.62. The van der Waals surface area contributed by atoms with Crippen LogP contribution in [-0.2, 0) is 24.5 Å². The monoisotopic (exact) mass is 370 g/mol. The Bertz CT molecular complexity index is 282. The van der Waals surface area contributed by atoms with Crippen LogP contribution in [0.15, 0.2) is 0 Å². The number of hydrogen-bond donors (Lipinski definition) is 2. The normalized spacial score (nSPS) is 15.1. The van der Waals surface area contributed by atoms with Crippen LogP contribution < -0.4 is 0 Å². The summed E-state index contributed by atoms with van der Waals surface area (Å²) in [6, 6.07) is 2.88. The molecule has 0 aliphatic rings. The van der Waals surface area contributed by atoms with E-state index >= 15 is 0 Å². The molecule has 4 nitrogen and oxygen atoms in total. The van der Waals surface area contributed by atoms with Crippen molar-refractivity contribution in [2.24, 2.45) is 17.8 Å². The van der Waals surface area contributed by atoms with E-state index in [1.54, 1.807) is 0 Å². The van der Waals surface area contributed by atoms with Crippen molar-refractivity contribution in [2.45, 2.75) is 86.0 Å². The van der Waals surface area contributed by atoms with Gasteiger partial charge >= 0.3 is 144 Å². The molecule has 0 aromatic rings. The Hall–Kier alpha value is 0.771. The summed E-state index contributed by atoms with van der Waals surface area (Å²) in [5.41, 5.74) is 0. The van der Waals surface area contributed by atoms with Gasteiger partial charge in [0, 0.05) is 0 Å². The van der Waals surface area contributed by atoms with E-state index in [2.05, 4.69) is 41.5 Å². The topological polar surface area (TPSA) is 58.9 Å². The zero-order chi connectivity index (χ0) is 17.6. The average Bonchev–Trinajstić information content (AvgIpc) is 2.23. The van der Waals surface area contributed by atoms with E-state index in [4.69, 9.17) is 6.33 Å². The quantitative estimate of drug-likeness (QED) is 0.525. The van der Waals surface area contributed by atoms with Crippen LogP contribution in [0.4, 0.5) is 0 Å². The maximum atomic E-state index is 10.4. The van der Waals surface area contributed by atoms with Crippen LogP contribution in [0.2, 0.25) is 18.1 Å². The predicted molar refractivity (Wildman–Crippen MR) is 91.0 cm³/mol. The van der Waals surface area contributed by atoms with Crippen LogP contribution in [0, 0.1) is 17.8 Å². The van der Waals surface area contributed by atoms with E-state index in [-0.39, 0.29) is 6.10 Å². The van der Waals surface area contributed by atoms with Crippen LogP contribution in [0.25, 0.3) is 0 Å². The van der Waals surface area contributed by atoms with Crippen molar-refractivity contribution < 1.29 is 31.8 Å². The van der Waals surface area contributed by atoms with Gasteiger partial charge in [-0.1, -0.05) is 0 Å². The molecule has 134 valence electrons. The third kappa shape index (κ3) is 9.81. The Morgan fingerprint density at radius 1 is 0.818 bits per heavy atom. The first kappa shape index (κ1) is 22.8. The fraction of sp³-hybridized carbons (Fsp3) is 1.00. The van der Waals surface area contributed by atoms with Crippen LogP contribution in [0.5, 0.6) is 0 Å². The second kappa shape index (κ2) is 9.92. The molecule has 0 aliphatic heterocycles. The molecule has 6 heteroatoms. The summed E-state index contributed by atoms with van der Waals surface area (Å²) in [5.74, 6) is 1.47. The van der Waals surface area contributed by atoms with E-state index in [0.717, 1.165) is 24.6 Å². The minimum atomic E-state index is -4.62. The SMILES string of the molecule is CCC(C)[O][Ti]([OH])([OH])[O][Si](CC(C)C)(CC(C)C)CC(C)C. The molecule has 1 atom stereocenters. The zero-order valence-electron chi connectivity index (χ0n) is 15.8. The van der Waals surface area contributed by atoms with Crippen molar-refractivity contribution >= 4 is 8.32 Å². The molecule has 0 saturated carbocycles. The van der Waals surface area contributed by atoms with E-state index < -0.39 is 26.5 Å². The van der Waals surface area contributed by atoms with Gasteiger partial charge in [-0.05, 0) is 0 Å². The Morgan fingerprint density at radius 3 is 1.45 bits per heavy atom. The Labute approximate surface area is 144 Å². The predicted octanol–water partition coefficient (Wildman–Crippen LogP) is 4.53. The Morgan fingerprint density at radius 2 is 1.18 bits per heavy atom. The van der Waals surface area contributed by atoms with E-state index in [9.17, 15) is 7.38 Å². The van der Waals surface area contributed by atoms with Crippen molar-refractivity contribution in [1.82, 2.24) is 0 Å². The molecule has 0 fully saturated rings. The number of hydrogen-bond acceptors (Lipinski definition) is 4. The molecule has 0 amide bonds. The van der Waals surface area contributed by atoms with Crippen molar-refractivity contribution in [3.63, 3.8) is 0 Å². The van der Waals surface area contributed by atoms with Gasteiger partial charge in [-0.25, -0.2) is 0 Å². The molecule has 0 bridgehead atoms. The fourth-order valence-electron chi connectivity index (χ4n) is 3.26. The molecule has 22 heavy (non-hydrogen) atoms. The van der Waals surface area contributed by atoms with Crippen LogP contribution in [0.1, 0.15) is 61.8 Å². The average molecular weight is 370 g/mol. The summed E-state index contributed by atoms with van der Waals surface area (Å²) >= 11 is -4.62. The molecule has 1 unspecified atom stereocenters. The van der Waals surface area contributed by atoms with Gasteiger partial charge in [-0.2, -0.15) is 0 Å². The third-order valence-corrected chi connectivity index (χ3v) is 13.4. The van der Waals surface area contributed by atoms with Gasteiger partial charge in [0.25, 0.3) is 0 Å². The summed E-state index contributed by atoms with van der Waals surface area (Å²) in [6.07, 6.45) is 0.587.